The molecule has 1 aliphatic carbocycles. The molecule has 1 unspecified atom stereocenters. The van der Waals surface area contributed by atoms with Crippen molar-refractivity contribution in [3.05, 3.63) is 53.6 Å². The molecule has 1 heterocycles. The van der Waals surface area contributed by atoms with Gasteiger partial charge in [-0.3, -0.25) is 14.5 Å². The van der Waals surface area contributed by atoms with Crippen LogP contribution in [0.4, 0.5) is 10.5 Å². The Balaban J connectivity index is 1.48. The summed E-state index contributed by atoms with van der Waals surface area (Å²) in [4.78, 5) is 39.6. The van der Waals surface area contributed by atoms with Crippen molar-refractivity contribution >= 4 is 23.5 Å². The Hall–Kier alpha value is -3.55. The Morgan fingerprint density at radius 2 is 1.84 bits per heavy atom. The lowest BCUT2D eigenvalue weighted by Gasteiger charge is -2.32. The average molecular weight is 437 g/mol. The first-order valence-electron chi connectivity index (χ1n) is 10.9. The first-order valence-corrected chi connectivity index (χ1v) is 10.9. The van der Waals surface area contributed by atoms with E-state index in [0.29, 0.717) is 49.7 Å². The molecular weight excluding hydrogens is 410 g/mol. The minimum atomic E-state index is -0.989. The van der Waals surface area contributed by atoms with E-state index >= 15 is 0 Å². The Kier molecular flexibility index (Phi) is 6.03. The highest BCUT2D eigenvalue weighted by atomic mass is 16.5. The molecule has 2 aromatic carbocycles. The molecule has 1 atom stereocenters. The summed E-state index contributed by atoms with van der Waals surface area (Å²) in [6, 6.07) is 12.5. The molecule has 1 aliphatic heterocycles. The van der Waals surface area contributed by atoms with Crippen LogP contribution in [0.3, 0.4) is 0 Å². The van der Waals surface area contributed by atoms with E-state index in [1.807, 2.05) is 38.1 Å². The van der Waals surface area contributed by atoms with Gasteiger partial charge in [0.05, 0.1) is 18.9 Å². The summed E-state index contributed by atoms with van der Waals surface area (Å²) in [5.41, 5.74) is 1.68. The maximum absolute atomic E-state index is 13.2. The predicted molar refractivity (Wildman–Crippen MR) is 119 cm³/mol. The topological polar surface area (TPSA) is 97.0 Å². The minimum Gasteiger partial charge on any atom is -0.494 e. The van der Waals surface area contributed by atoms with Crippen molar-refractivity contribution in [1.82, 2.24) is 10.2 Å². The molecule has 2 N–H and O–H groups in total. The van der Waals surface area contributed by atoms with E-state index in [0.717, 1.165) is 10.5 Å². The summed E-state index contributed by atoms with van der Waals surface area (Å²) < 4.78 is 11.1. The number of hydrogen-bond acceptors (Lipinski definition) is 5. The zero-order valence-corrected chi connectivity index (χ0v) is 18.3. The third-order valence-electron chi connectivity index (χ3n) is 5.82. The molecule has 1 spiro atoms. The van der Waals surface area contributed by atoms with Crippen LogP contribution in [0.25, 0.3) is 0 Å². The Morgan fingerprint density at radius 1 is 1.09 bits per heavy atom. The summed E-state index contributed by atoms with van der Waals surface area (Å²) in [7, 11) is 0. The molecule has 1 fully saturated rings. The molecule has 4 amide bonds. The minimum absolute atomic E-state index is 0.361. The normalized spacial score (nSPS) is 19.5. The molecule has 2 aliphatic rings. The SMILES string of the molecule is CCOc1ccc(OCC)c(NC(=O)CN2C(=O)NC3(CCc4ccccc4C3)C2=O)c1. The van der Waals surface area contributed by atoms with Crippen molar-refractivity contribution in [3.63, 3.8) is 0 Å². The number of nitrogens with one attached hydrogen (secondary N) is 2. The molecule has 0 radical (unpaired) electrons. The number of nitrogens with zero attached hydrogens (tertiary/aromatic N) is 1. The quantitative estimate of drug-likeness (QED) is 0.650. The number of amides is 4. The van der Waals surface area contributed by atoms with E-state index in [-0.39, 0.29) is 12.5 Å². The van der Waals surface area contributed by atoms with E-state index in [4.69, 9.17) is 9.47 Å². The molecule has 4 rings (SSSR count). The van der Waals surface area contributed by atoms with Crippen LogP contribution in [0.2, 0.25) is 0 Å². The van der Waals surface area contributed by atoms with E-state index in [1.165, 1.54) is 5.56 Å². The number of carbonyl (C=O) groups is 3. The zero-order valence-electron chi connectivity index (χ0n) is 18.3. The molecule has 0 aromatic heterocycles. The largest absolute Gasteiger partial charge is 0.494 e. The summed E-state index contributed by atoms with van der Waals surface area (Å²) >= 11 is 0. The van der Waals surface area contributed by atoms with Gasteiger partial charge in [-0.15, -0.1) is 0 Å². The van der Waals surface area contributed by atoms with Crippen LogP contribution in [0.5, 0.6) is 11.5 Å². The van der Waals surface area contributed by atoms with Crippen molar-refractivity contribution in [2.75, 3.05) is 25.1 Å². The number of fused-ring (bicyclic) bond motifs is 1. The van der Waals surface area contributed by atoms with Gasteiger partial charge in [0.15, 0.2) is 0 Å². The maximum Gasteiger partial charge on any atom is 0.325 e. The number of carbonyl (C=O) groups excluding carboxylic acids is 3. The first-order chi connectivity index (χ1) is 15.5. The van der Waals surface area contributed by atoms with Gasteiger partial charge in [0.25, 0.3) is 5.91 Å². The number of aryl methyl sites for hydroxylation is 1. The Morgan fingerprint density at radius 3 is 2.59 bits per heavy atom. The number of hydrogen-bond donors (Lipinski definition) is 2. The molecule has 1 saturated heterocycles. The number of imide groups is 1. The molecule has 0 bridgehead atoms. The molecular formula is C24H27N3O5. The second-order valence-electron chi connectivity index (χ2n) is 7.92. The number of rotatable bonds is 7. The fourth-order valence-corrected chi connectivity index (χ4v) is 4.32. The lowest BCUT2D eigenvalue weighted by molar-refractivity contribution is -0.134. The summed E-state index contributed by atoms with van der Waals surface area (Å²) in [5, 5.41) is 5.60. The van der Waals surface area contributed by atoms with Crippen LogP contribution >= 0.6 is 0 Å². The Bertz CT molecular complexity index is 1050. The van der Waals surface area contributed by atoms with Crippen molar-refractivity contribution < 1.29 is 23.9 Å². The van der Waals surface area contributed by atoms with Crippen LogP contribution in [-0.4, -0.2) is 48.0 Å². The third-order valence-corrected chi connectivity index (χ3v) is 5.82. The van der Waals surface area contributed by atoms with Gasteiger partial charge < -0.3 is 20.1 Å². The molecule has 32 heavy (non-hydrogen) atoms. The number of anilines is 1. The highest BCUT2D eigenvalue weighted by molar-refractivity contribution is 6.10. The molecule has 168 valence electrons. The number of urea groups is 1. The second kappa shape index (κ2) is 8.90. The van der Waals surface area contributed by atoms with Crippen LogP contribution in [-0.2, 0) is 22.4 Å². The van der Waals surface area contributed by atoms with Crippen molar-refractivity contribution in [1.29, 1.82) is 0 Å². The molecule has 0 saturated carbocycles. The molecule has 8 heteroatoms. The van der Waals surface area contributed by atoms with Crippen LogP contribution < -0.4 is 20.1 Å². The predicted octanol–water partition coefficient (Wildman–Crippen LogP) is 2.90. The van der Waals surface area contributed by atoms with Crippen molar-refractivity contribution in [2.45, 2.75) is 38.6 Å². The summed E-state index contributed by atoms with van der Waals surface area (Å²) in [5.74, 6) is 0.222. The highest BCUT2D eigenvalue weighted by Gasteiger charge is 2.52. The lowest BCUT2D eigenvalue weighted by atomic mass is 9.78. The third kappa shape index (κ3) is 4.12. The van der Waals surface area contributed by atoms with Crippen molar-refractivity contribution in [2.24, 2.45) is 0 Å². The lowest BCUT2D eigenvalue weighted by Crippen LogP contribution is -2.51. The van der Waals surface area contributed by atoms with Crippen molar-refractivity contribution in [3.8, 4) is 11.5 Å². The van der Waals surface area contributed by atoms with Crippen LogP contribution in [0.1, 0.15) is 31.4 Å². The van der Waals surface area contributed by atoms with Crippen LogP contribution in [0, 0.1) is 0 Å². The number of ether oxygens (including phenoxy) is 2. The fourth-order valence-electron chi connectivity index (χ4n) is 4.32. The van der Waals surface area contributed by atoms with Gasteiger partial charge >= 0.3 is 6.03 Å². The average Bonchev–Trinajstić information content (AvgIpc) is 2.99. The second-order valence-corrected chi connectivity index (χ2v) is 7.92. The first kappa shape index (κ1) is 21.7. The van der Waals surface area contributed by atoms with E-state index in [2.05, 4.69) is 10.6 Å². The van der Waals surface area contributed by atoms with Gasteiger partial charge in [0.2, 0.25) is 5.91 Å². The number of benzene rings is 2. The smallest absolute Gasteiger partial charge is 0.325 e. The highest BCUT2D eigenvalue weighted by Crippen LogP contribution is 2.34. The van der Waals surface area contributed by atoms with Gasteiger partial charge in [0.1, 0.15) is 23.6 Å². The fraction of sp³-hybridized carbons (Fsp3) is 0.375. The van der Waals surface area contributed by atoms with Crippen LogP contribution in [0.15, 0.2) is 42.5 Å². The maximum atomic E-state index is 13.2. The molecule has 8 nitrogen and oxygen atoms in total. The van der Waals surface area contributed by atoms with Gasteiger partial charge in [-0.25, -0.2) is 4.79 Å². The Labute approximate surface area is 186 Å². The van der Waals surface area contributed by atoms with Gasteiger partial charge in [0, 0.05) is 12.5 Å². The summed E-state index contributed by atoms with van der Waals surface area (Å²) in [6.07, 6.45) is 1.64. The monoisotopic (exact) mass is 437 g/mol. The van der Waals surface area contributed by atoms with Gasteiger partial charge in [-0.1, -0.05) is 24.3 Å². The van der Waals surface area contributed by atoms with Gasteiger partial charge in [-0.05, 0) is 49.9 Å². The van der Waals surface area contributed by atoms with E-state index in [1.54, 1.807) is 18.2 Å². The summed E-state index contributed by atoms with van der Waals surface area (Å²) in [6.45, 7) is 4.24. The van der Waals surface area contributed by atoms with E-state index in [9.17, 15) is 14.4 Å². The molecule has 2 aromatic rings. The zero-order chi connectivity index (χ0) is 22.7. The standard InChI is InChI=1S/C24H27N3O5/c1-3-31-18-9-10-20(32-4-2)19(13-18)25-21(28)15-27-22(29)24(26-23(27)30)12-11-16-7-5-6-8-17(16)14-24/h5-10,13H,3-4,11-12,14-15H2,1-2H3,(H,25,28)(H,26,30). The van der Waals surface area contributed by atoms with E-state index < -0.39 is 17.5 Å². The van der Waals surface area contributed by atoms with Gasteiger partial charge in [-0.2, -0.15) is 0 Å².